The van der Waals surface area contributed by atoms with Gasteiger partial charge in [-0.15, -0.1) is 0 Å². The van der Waals surface area contributed by atoms with Gasteiger partial charge in [0.25, 0.3) is 5.91 Å². The van der Waals surface area contributed by atoms with Crippen LogP contribution in [0.2, 0.25) is 0 Å². The van der Waals surface area contributed by atoms with Crippen LogP contribution in [0.1, 0.15) is 36.5 Å². The maximum Gasteiger partial charge on any atom is 0.256 e. The van der Waals surface area contributed by atoms with Crippen LogP contribution in [-0.4, -0.2) is 26.3 Å². The fourth-order valence-electron chi connectivity index (χ4n) is 2.97. The van der Waals surface area contributed by atoms with Crippen molar-refractivity contribution in [3.8, 4) is 5.82 Å². The van der Waals surface area contributed by atoms with E-state index in [1.54, 1.807) is 10.9 Å². The molecular formula is C15H20N4O. The molecule has 0 saturated heterocycles. The van der Waals surface area contributed by atoms with Crippen molar-refractivity contribution in [3.63, 3.8) is 0 Å². The number of nitrogens with one attached hydrogen (secondary N) is 1. The highest BCUT2D eigenvalue weighted by Gasteiger charge is 2.25. The Morgan fingerprint density at radius 2 is 2.10 bits per heavy atom. The third-order valence-corrected chi connectivity index (χ3v) is 4.03. The third-order valence-electron chi connectivity index (χ3n) is 4.03. The molecular weight excluding hydrogens is 252 g/mol. The molecule has 2 aromatic heterocycles. The molecule has 0 aromatic carbocycles. The molecule has 20 heavy (non-hydrogen) atoms. The normalized spacial score (nSPS) is 22.1. The number of nitrogens with zero attached hydrogens (tertiary/aromatic N) is 3. The molecule has 1 saturated carbocycles. The van der Waals surface area contributed by atoms with E-state index in [2.05, 4.69) is 17.3 Å². The van der Waals surface area contributed by atoms with Crippen LogP contribution < -0.4 is 5.32 Å². The van der Waals surface area contributed by atoms with Crippen LogP contribution in [0.15, 0.2) is 30.7 Å². The van der Waals surface area contributed by atoms with E-state index in [9.17, 15) is 4.79 Å². The van der Waals surface area contributed by atoms with E-state index in [0.717, 1.165) is 18.7 Å². The Morgan fingerprint density at radius 3 is 2.75 bits per heavy atom. The number of aryl methyl sites for hydroxylation is 1. The van der Waals surface area contributed by atoms with Gasteiger partial charge in [0.2, 0.25) is 0 Å². The first-order chi connectivity index (χ1) is 9.65. The molecule has 2 atom stereocenters. The molecule has 1 amide bonds. The monoisotopic (exact) mass is 272 g/mol. The summed E-state index contributed by atoms with van der Waals surface area (Å²) in [5, 5.41) is 7.35. The van der Waals surface area contributed by atoms with Gasteiger partial charge in [0.1, 0.15) is 11.4 Å². The zero-order chi connectivity index (χ0) is 14.1. The molecule has 1 fully saturated rings. The van der Waals surface area contributed by atoms with Crippen molar-refractivity contribution in [1.82, 2.24) is 19.7 Å². The molecule has 1 aliphatic rings. The summed E-state index contributed by atoms with van der Waals surface area (Å²) in [6.07, 6.45) is 8.83. The number of aromatic nitrogens is 3. The van der Waals surface area contributed by atoms with Crippen molar-refractivity contribution >= 4 is 5.91 Å². The van der Waals surface area contributed by atoms with E-state index in [4.69, 9.17) is 0 Å². The number of rotatable bonds is 3. The average molecular weight is 272 g/mol. The van der Waals surface area contributed by atoms with E-state index >= 15 is 0 Å². The molecule has 2 heterocycles. The highest BCUT2D eigenvalue weighted by molar-refractivity contribution is 5.97. The standard InChI is InChI=1S/C15H20N4O/c1-11-5-6-12(9-11)17-14(20)13-10-16-18(2)15(13)19-7-3-4-8-19/h3-4,7-8,10-12H,5-6,9H2,1-2H3,(H,17,20). The molecule has 106 valence electrons. The zero-order valence-corrected chi connectivity index (χ0v) is 11.9. The maximum absolute atomic E-state index is 12.5. The first-order valence-corrected chi connectivity index (χ1v) is 7.11. The van der Waals surface area contributed by atoms with Gasteiger partial charge in [0, 0.05) is 25.5 Å². The molecule has 5 heteroatoms. The van der Waals surface area contributed by atoms with Crippen molar-refractivity contribution in [2.24, 2.45) is 13.0 Å². The van der Waals surface area contributed by atoms with Gasteiger partial charge in [-0.05, 0) is 37.3 Å². The van der Waals surface area contributed by atoms with Crippen LogP contribution in [0.5, 0.6) is 0 Å². The smallest absolute Gasteiger partial charge is 0.256 e. The van der Waals surface area contributed by atoms with Gasteiger partial charge in [-0.3, -0.25) is 9.48 Å². The second-order valence-electron chi connectivity index (χ2n) is 5.68. The Morgan fingerprint density at radius 1 is 1.35 bits per heavy atom. The lowest BCUT2D eigenvalue weighted by Gasteiger charge is -2.13. The van der Waals surface area contributed by atoms with Gasteiger partial charge in [-0.1, -0.05) is 6.92 Å². The van der Waals surface area contributed by atoms with Gasteiger partial charge in [0.15, 0.2) is 0 Å². The number of carbonyl (C=O) groups excluding carboxylic acids is 1. The van der Waals surface area contributed by atoms with Crippen molar-refractivity contribution in [3.05, 3.63) is 36.3 Å². The van der Waals surface area contributed by atoms with Crippen molar-refractivity contribution in [2.45, 2.75) is 32.2 Å². The van der Waals surface area contributed by atoms with E-state index in [1.807, 2.05) is 36.1 Å². The Labute approximate surface area is 118 Å². The first-order valence-electron chi connectivity index (χ1n) is 7.11. The fourth-order valence-corrected chi connectivity index (χ4v) is 2.97. The Hall–Kier alpha value is -2.04. The molecule has 2 aromatic rings. The second kappa shape index (κ2) is 5.15. The lowest BCUT2D eigenvalue weighted by atomic mass is 10.1. The maximum atomic E-state index is 12.5. The molecule has 0 spiro atoms. The lowest BCUT2D eigenvalue weighted by molar-refractivity contribution is 0.0937. The predicted molar refractivity (Wildman–Crippen MR) is 76.8 cm³/mol. The van der Waals surface area contributed by atoms with Crippen LogP contribution in [0, 0.1) is 5.92 Å². The Bertz CT molecular complexity index is 599. The minimum Gasteiger partial charge on any atom is -0.349 e. The van der Waals surface area contributed by atoms with E-state index in [-0.39, 0.29) is 5.91 Å². The van der Waals surface area contributed by atoms with Crippen LogP contribution in [-0.2, 0) is 7.05 Å². The molecule has 1 N–H and O–H groups in total. The van der Waals surface area contributed by atoms with E-state index in [0.29, 0.717) is 17.5 Å². The molecule has 0 aliphatic heterocycles. The van der Waals surface area contributed by atoms with Gasteiger partial charge in [0.05, 0.1) is 6.20 Å². The fraction of sp³-hybridized carbons (Fsp3) is 0.467. The summed E-state index contributed by atoms with van der Waals surface area (Å²) in [6, 6.07) is 4.18. The van der Waals surface area contributed by atoms with Crippen molar-refractivity contribution < 1.29 is 4.79 Å². The van der Waals surface area contributed by atoms with Gasteiger partial charge in [-0.25, -0.2) is 0 Å². The van der Waals surface area contributed by atoms with E-state index in [1.165, 1.54) is 6.42 Å². The predicted octanol–water partition coefficient (Wildman–Crippen LogP) is 2.13. The molecule has 0 bridgehead atoms. The zero-order valence-electron chi connectivity index (χ0n) is 11.9. The molecule has 2 unspecified atom stereocenters. The van der Waals surface area contributed by atoms with Gasteiger partial charge in [-0.2, -0.15) is 5.10 Å². The second-order valence-corrected chi connectivity index (χ2v) is 5.68. The van der Waals surface area contributed by atoms with Gasteiger partial charge >= 0.3 is 0 Å². The van der Waals surface area contributed by atoms with Crippen molar-refractivity contribution in [1.29, 1.82) is 0 Å². The number of carbonyl (C=O) groups is 1. The largest absolute Gasteiger partial charge is 0.349 e. The van der Waals surface area contributed by atoms with Crippen LogP contribution >= 0.6 is 0 Å². The summed E-state index contributed by atoms with van der Waals surface area (Å²) in [7, 11) is 1.85. The number of amides is 1. The summed E-state index contributed by atoms with van der Waals surface area (Å²) in [4.78, 5) is 12.5. The highest BCUT2D eigenvalue weighted by Crippen LogP contribution is 2.25. The summed E-state index contributed by atoms with van der Waals surface area (Å²) >= 11 is 0. The van der Waals surface area contributed by atoms with Crippen LogP contribution in [0.4, 0.5) is 0 Å². The van der Waals surface area contributed by atoms with Gasteiger partial charge < -0.3 is 9.88 Å². The molecule has 0 radical (unpaired) electrons. The molecule has 5 nitrogen and oxygen atoms in total. The Kier molecular flexibility index (Phi) is 3.34. The summed E-state index contributed by atoms with van der Waals surface area (Å²) in [5.41, 5.74) is 0.628. The lowest BCUT2D eigenvalue weighted by Crippen LogP contribution is -2.33. The highest BCUT2D eigenvalue weighted by atomic mass is 16.1. The summed E-state index contributed by atoms with van der Waals surface area (Å²) < 4.78 is 3.64. The minimum absolute atomic E-state index is 0.0269. The number of hydrogen-bond acceptors (Lipinski definition) is 2. The minimum atomic E-state index is -0.0269. The summed E-state index contributed by atoms with van der Waals surface area (Å²) in [5.74, 6) is 1.48. The first kappa shape index (κ1) is 13.0. The molecule has 1 aliphatic carbocycles. The quantitative estimate of drug-likeness (QED) is 0.930. The summed E-state index contributed by atoms with van der Waals surface area (Å²) in [6.45, 7) is 2.24. The van der Waals surface area contributed by atoms with Crippen molar-refractivity contribution in [2.75, 3.05) is 0 Å². The number of hydrogen-bond donors (Lipinski definition) is 1. The average Bonchev–Trinajstić information content (AvgIpc) is 3.10. The third kappa shape index (κ3) is 2.35. The topological polar surface area (TPSA) is 51.9 Å². The Balaban J connectivity index is 1.82. The van der Waals surface area contributed by atoms with Crippen LogP contribution in [0.3, 0.4) is 0 Å². The van der Waals surface area contributed by atoms with E-state index < -0.39 is 0 Å². The van der Waals surface area contributed by atoms with Crippen LogP contribution in [0.25, 0.3) is 5.82 Å². The molecule has 3 rings (SSSR count). The SMILES string of the molecule is CC1CCC(NC(=O)c2cnn(C)c2-n2cccc2)C1.